The highest BCUT2D eigenvalue weighted by atomic mass is 79.9. The Balaban J connectivity index is 2.01. The van der Waals surface area contributed by atoms with Crippen molar-refractivity contribution >= 4 is 15.9 Å². The smallest absolute Gasteiger partial charge is 0.110 e. The summed E-state index contributed by atoms with van der Waals surface area (Å²) < 4.78 is 2.97. The van der Waals surface area contributed by atoms with Crippen LogP contribution in [-0.2, 0) is 19.9 Å². The molecule has 2 aromatic rings. The van der Waals surface area contributed by atoms with Gasteiger partial charge in [-0.3, -0.25) is 0 Å². The Labute approximate surface area is 109 Å². The minimum absolute atomic E-state index is 0.408. The molecule has 1 aromatic heterocycles. The van der Waals surface area contributed by atoms with E-state index < -0.39 is 6.10 Å². The number of benzene rings is 1. The van der Waals surface area contributed by atoms with E-state index in [2.05, 4.69) is 20.9 Å². The van der Waals surface area contributed by atoms with E-state index in [1.54, 1.807) is 6.20 Å². The number of aryl methyl sites for hydroxylation is 1. The van der Waals surface area contributed by atoms with E-state index in [-0.39, 0.29) is 0 Å². The van der Waals surface area contributed by atoms with Crippen molar-refractivity contribution < 1.29 is 5.11 Å². The van der Waals surface area contributed by atoms with E-state index in [4.69, 9.17) is 0 Å². The van der Waals surface area contributed by atoms with E-state index in [0.717, 1.165) is 15.9 Å². The second-order valence-corrected chi connectivity index (χ2v) is 4.96. The van der Waals surface area contributed by atoms with Crippen molar-refractivity contribution in [1.82, 2.24) is 9.55 Å². The summed E-state index contributed by atoms with van der Waals surface area (Å²) in [6.45, 7) is 0. The topological polar surface area (TPSA) is 38.0 Å². The second kappa shape index (κ2) is 5.47. The lowest BCUT2D eigenvalue weighted by atomic mass is 10.1. The van der Waals surface area contributed by atoms with Gasteiger partial charge < -0.3 is 9.67 Å². The number of halogens is 1. The fraction of sp³-hybridized carbons (Fsp3) is 0.308. The zero-order valence-corrected chi connectivity index (χ0v) is 11.3. The number of hydrogen-bond donors (Lipinski definition) is 1. The lowest BCUT2D eigenvalue weighted by Gasteiger charge is -2.11. The standard InChI is InChI=1S/C13H15BrN2O/c1-16-7-6-15-13(16)9-11(17)8-10-4-2-3-5-12(10)14/h2-7,11,17H,8-9H2,1H3. The summed E-state index contributed by atoms with van der Waals surface area (Å²) in [6, 6.07) is 7.96. The maximum absolute atomic E-state index is 10.0. The van der Waals surface area contributed by atoms with Crippen molar-refractivity contribution in [3.63, 3.8) is 0 Å². The molecule has 0 fully saturated rings. The zero-order chi connectivity index (χ0) is 12.3. The van der Waals surface area contributed by atoms with E-state index in [1.807, 2.05) is 42.1 Å². The number of rotatable bonds is 4. The summed E-state index contributed by atoms with van der Waals surface area (Å²) in [5.41, 5.74) is 1.12. The number of aromatic nitrogens is 2. The molecule has 1 N–H and O–H groups in total. The van der Waals surface area contributed by atoms with Crippen LogP contribution < -0.4 is 0 Å². The van der Waals surface area contributed by atoms with E-state index >= 15 is 0 Å². The molecule has 0 bridgehead atoms. The summed E-state index contributed by atoms with van der Waals surface area (Å²) in [6.07, 6.45) is 4.44. The van der Waals surface area contributed by atoms with Gasteiger partial charge in [0, 0.05) is 30.3 Å². The molecular formula is C13H15BrN2O. The van der Waals surface area contributed by atoms with Crippen LogP contribution in [0.2, 0.25) is 0 Å². The first-order valence-corrected chi connectivity index (χ1v) is 6.34. The molecule has 3 nitrogen and oxygen atoms in total. The van der Waals surface area contributed by atoms with Crippen LogP contribution in [0.15, 0.2) is 41.1 Å². The number of aliphatic hydroxyl groups is 1. The largest absolute Gasteiger partial charge is 0.392 e. The Bertz CT molecular complexity index is 496. The molecule has 1 unspecified atom stereocenters. The van der Waals surface area contributed by atoms with Crippen LogP contribution >= 0.6 is 15.9 Å². The summed E-state index contributed by atoms with van der Waals surface area (Å²) >= 11 is 3.49. The average molecular weight is 295 g/mol. The third-order valence-corrected chi connectivity index (χ3v) is 3.53. The highest BCUT2D eigenvalue weighted by molar-refractivity contribution is 9.10. The summed E-state index contributed by atoms with van der Waals surface area (Å²) in [5.74, 6) is 0.907. The summed E-state index contributed by atoms with van der Waals surface area (Å²) in [4.78, 5) is 4.21. The fourth-order valence-electron chi connectivity index (χ4n) is 1.79. The van der Waals surface area contributed by atoms with Gasteiger partial charge >= 0.3 is 0 Å². The molecular weight excluding hydrogens is 280 g/mol. The van der Waals surface area contributed by atoms with Gasteiger partial charge in [-0.1, -0.05) is 34.1 Å². The van der Waals surface area contributed by atoms with Crippen molar-refractivity contribution in [3.8, 4) is 0 Å². The molecule has 1 atom stereocenters. The van der Waals surface area contributed by atoms with Crippen molar-refractivity contribution in [2.24, 2.45) is 7.05 Å². The molecule has 0 spiro atoms. The SMILES string of the molecule is Cn1ccnc1CC(O)Cc1ccccc1Br. The molecule has 1 heterocycles. The highest BCUT2D eigenvalue weighted by Crippen LogP contribution is 2.18. The quantitative estimate of drug-likeness (QED) is 0.940. The second-order valence-electron chi connectivity index (χ2n) is 4.11. The van der Waals surface area contributed by atoms with Crippen LogP contribution in [0.25, 0.3) is 0 Å². The minimum Gasteiger partial charge on any atom is -0.392 e. The van der Waals surface area contributed by atoms with Crippen LogP contribution in [0, 0.1) is 0 Å². The van der Waals surface area contributed by atoms with Crippen molar-refractivity contribution in [2.45, 2.75) is 18.9 Å². The Morgan fingerprint density at radius 1 is 1.35 bits per heavy atom. The van der Waals surface area contributed by atoms with E-state index in [0.29, 0.717) is 12.8 Å². The van der Waals surface area contributed by atoms with Gasteiger partial charge in [-0.25, -0.2) is 4.98 Å². The normalized spacial score (nSPS) is 12.6. The monoisotopic (exact) mass is 294 g/mol. The van der Waals surface area contributed by atoms with Gasteiger partial charge in [0.25, 0.3) is 0 Å². The van der Waals surface area contributed by atoms with Gasteiger partial charge in [-0.05, 0) is 18.1 Å². The lowest BCUT2D eigenvalue weighted by Crippen LogP contribution is -2.16. The fourth-order valence-corrected chi connectivity index (χ4v) is 2.24. The summed E-state index contributed by atoms with van der Waals surface area (Å²) in [5, 5.41) is 10.0. The number of imidazole rings is 1. The van der Waals surface area contributed by atoms with Gasteiger partial charge in [-0.15, -0.1) is 0 Å². The Morgan fingerprint density at radius 2 is 2.12 bits per heavy atom. The number of hydrogen-bond acceptors (Lipinski definition) is 2. The van der Waals surface area contributed by atoms with Gasteiger partial charge in [0.1, 0.15) is 5.82 Å². The molecule has 1 aromatic carbocycles. The molecule has 90 valence electrons. The van der Waals surface area contributed by atoms with Crippen LogP contribution in [0.4, 0.5) is 0 Å². The molecule has 4 heteroatoms. The zero-order valence-electron chi connectivity index (χ0n) is 9.68. The third kappa shape index (κ3) is 3.17. The molecule has 0 saturated carbocycles. The van der Waals surface area contributed by atoms with Crippen molar-refractivity contribution in [2.75, 3.05) is 0 Å². The van der Waals surface area contributed by atoms with Gasteiger partial charge in [-0.2, -0.15) is 0 Å². The Morgan fingerprint density at radius 3 is 2.76 bits per heavy atom. The average Bonchev–Trinajstić information content (AvgIpc) is 2.68. The van der Waals surface area contributed by atoms with Crippen LogP contribution in [0.5, 0.6) is 0 Å². The molecule has 0 radical (unpaired) electrons. The molecule has 17 heavy (non-hydrogen) atoms. The molecule has 0 aliphatic carbocycles. The predicted molar refractivity (Wildman–Crippen MR) is 70.8 cm³/mol. The first-order chi connectivity index (χ1) is 8.16. The Kier molecular flexibility index (Phi) is 3.97. The van der Waals surface area contributed by atoms with Crippen molar-refractivity contribution in [1.29, 1.82) is 0 Å². The van der Waals surface area contributed by atoms with Crippen LogP contribution in [0.1, 0.15) is 11.4 Å². The lowest BCUT2D eigenvalue weighted by molar-refractivity contribution is 0.172. The van der Waals surface area contributed by atoms with Crippen LogP contribution in [-0.4, -0.2) is 20.8 Å². The number of nitrogens with zero attached hydrogens (tertiary/aromatic N) is 2. The first kappa shape index (κ1) is 12.3. The van der Waals surface area contributed by atoms with Gasteiger partial charge in [0.05, 0.1) is 6.10 Å². The molecule has 2 rings (SSSR count). The molecule has 0 aliphatic rings. The van der Waals surface area contributed by atoms with Crippen molar-refractivity contribution in [3.05, 3.63) is 52.5 Å². The number of aliphatic hydroxyl groups excluding tert-OH is 1. The van der Waals surface area contributed by atoms with Crippen LogP contribution in [0.3, 0.4) is 0 Å². The van der Waals surface area contributed by atoms with E-state index in [9.17, 15) is 5.11 Å². The van der Waals surface area contributed by atoms with Gasteiger partial charge in [0.15, 0.2) is 0 Å². The predicted octanol–water partition coefficient (Wildman–Crippen LogP) is 2.33. The maximum atomic E-state index is 10.0. The highest BCUT2D eigenvalue weighted by Gasteiger charge is 2.11. The van der Waals surface area contributed by atoms with Gasteiger partial charge in [0.2, 0.25) is 0 Å². The third-order valence-electron chi connectivity index (χ3n) is 2.75. The summed E-state index contributed by atoms with van der Waals surface area (Å²) in [7, 11) is 1.94. The first-order valence-electron chi connectivity index (χ1n) is 5.54. The minimum atomic E-state index is -0.408. The Hall–Kier alpha value is -1.13. The molecule has 0 aliphatic heterocycles. The molecule has 0 amide bonds. The maximum Gasteiger partial charge on any atom is 0.110 e. The van der Waals surface area contributed by atoms with E-state index in [1.165, 1.54) is 0 Å². The molecule has 0 saturated heterocycles.